The largest absolute Gasteiger partial charge is 0.478 e. The summed E-state index contributed by atoms with van der Waals surface area (Å²) in [7, 11) is 1.69. The zero-order valence-electron chi connectivity index (χ0n) is 11.5. The molecular formula is C14H15N3O4. The number of hydrogen-bond acceptors (Lipinski definition) is 4. The van der Waals surface area contributed by atoms with E-state index in [9.17, 15) is 14.4 Å². The van der Waals surface area contributed by atoms with Crippen LogP contribution in [0.15, 0.2) is 24.5 Å². The highest BCUT2D eigenvalue weighted by atomic mass is 16.4. The summed E-state index contributed by atoms with van der Waals surface area (Å²) in [5.41, 5.74) is 0.746. The Balaban J connectivity index is 2.23. The maximum absolute atomic E-state index is 12.5. The van der Waals surface area contributed by atoms with Gasteiger partial charge in [-0.1, -0.05) is 0 Å². The summed E-state index contributed by atoms with van der Waals surface area (Å²) < 4.78 is 0. The van der Waals surface area contributed by atoms with Gasteiger partial charge in [-0.25, -0.2) is 4.79 Å². The van der Waals surface area contributed by atoms with E-state index in [1.165, 1.54) is 29.4 Å². The molecular weight excluding hydrogens is 274 g/mol. The first kappa shape index (κ1) is 14.7. The normalized spacial score (nSPS) is 15.6. The zero-order chi connectivity index (χ0) is 15.4. The first-order valence-corrected chi connectivity index (χ1v) is 6.37. The minimum atomic E-state index is -1.10. The van der Waals surface area contributed by atoms with Crippen LogP contribution in [0.5, 0.6) is 0 Å². The molecule has 0 unspecified atom stereocenters. The van der Waals surface area contributed by atoms with E-state index in [4.69, 9.17) is 5.11 Å². The number of hydrogen-bond donors (Lipinski definition) is 1. The highest BCUT2D eigenvalue weighted by Crippen LogP contribution is 2.14. The van der Waals surface area contributed by atoms with Crippen molar-refractivity contribution in [1.29, 1.82) is 0 Å². The number of piperazine rings is 1. The Labute approximate surface area is 121 Å². The lowest BCUT2D eigenvalue weighted by atomic mass is 10.1. The van der Waals surface area contributed by atoms with Gasteiger partial charge in [0.1, 0.15) is 6.54 Å². The lowest BCUT2D eigenvalue weighted by Gasteiger charge is -2.32. The molecule has 7 nitrogen and oxygen atoms in total. The minimum Gasteiger partial charge on any atom is -0.478 e. The number of pyridine rings is 1. The van der Waals surface area contributed by atoms with Gasteiger partial charge >= 0.3 is 5.97 Å². The fourth-order valence-electron chi connectivity index (χ4n) is 2.00. The van der Waals surface area contributed by atoms with Crippen LogP contribution in [-0.4, -0.2) is 64.4 Å². The predicted octanol–water partition coefficient (Wildman–Crippen LogP) is 0.0936. The second-order valence-corrected chi connectivity index (χ2v) is 4.68. The second-order valence-electron chi connectivity index (χ2n) is 4.68. The molecule has 1 aromatic heterocycles. The van der Waals surface area contributed by atoms with Crippen molar-refractivity contribution >= 4 is 23.9 Å². The van der Waals surface area contributed by atoms with Crippen LogP contribution in [0.2, 0.25) is 0 Å². The third kappa shape index (κ3) is 3.44. The van der Waals surface area contributed by atoms with Crippen LogP contribution >= 0.6 is 0 Å². The van der Waals surface area contributed by atoms with Crippen molar-refractivity contribution in [2.75, 3.05) is 26.7 Å². The van der Waals surface area contributed by atoms with E-state index in [1.54, 1.807) is 11.9 Å². The highest BCUT2D eigenvalue weighted by Gasteiger charge is 2.26. The number of nitrogens with zero attached hydrogens (tertiary/aromatic N) is 3. The summed E-state index contributed by atoms with van der Waals surface area (Å²) in [6.45, 7) is 0.960. The van der Waals surface area contributed by atoms with E-state index in [1.807, 2.05) is 0 Å². The van der Waals surface area contributed by atoms with Crippen LogP contribution < -0.4 is 0 Å². The topological polar surface area (TPSA) is 90.8 Å². The molecule has 7 heteroatoms. The number of likely N-dealkylation sites (N-methyl/N-ethyl adjacent to an activating group) is 1. The molecule has 1 aromatic rings. The quantitative estimate of drug-likeness (QED) is 0.797. The van der Waals surface area contributed by atoms with Gasteiger partial charge in [0.05, 0.1) is 0 Å². The zero-order valence-corrected chi connectivity index (χ0v) is 11.5. The Morgan fingerprint density at radius 2 is 2.14 bits per heavy atom. The van der Waals surface area contributed by atoms with Gasteiger partial charge in [0.2, 0.25) is 5.91 Å². The lowest BCUT2D eigenvalue weighted by Crippen LogP contribution is -2.50. The summed E-state index contributed by atoms with van der Waals surface area (Å²) in [5.74, 6) is -1.53. The Bertz CT molecular complexity index is 612. The summed E-state index contributed by atoms with van der Waals surface area (Å²) in [6.07, 6.45) is 5.15. The third-order valence-corrected chi connectivity index (χ3v) is 3.23. The predicted molar refractivity (Wildman–Crippen MR) is 74.4 cm³/mol. The molecule has 2 amide bonds. The van der Waals surface area contributed by atoms with Crippen molar-refractivity contribution in [2.45, 2.75) is 0 Å². The smallest absolute Gasteiger partial charge is 0.328 e. The van der Waals surface area contributed by atoms with Gasteiger partial charge in [0.15, 0.2) is 0 Å². The van der Waals surface area contributed by atoms with Crippen molar-refractivity contribution in [1.82, 2.24) is 14.8 Å². The number of rotatable bonds is 3. The number of carbonyl (C=O) groups excluding carboxylic acids is 2. The van der Waals surface area contributed by atoms with Crippen molar-refractivity contribution in [3.05, 3.63) is 35.7 Å². The summed E-state index contributed by atoms with van der Waals surface area (Å²) in [4.78, 5) is 41.6. The average Bonchev–Trinajstić information content (AvgIpc) is 2.47. The number of aromatic nitrogens is 1. The molecule has 1 aliphatic rings. The van der Waals surface area contributed by atoms with E-state index in [-0.39, 0.29) is 18.4 Å². The fourth-order valence-corrected chi connectivity index (χ4v) is 2.00. The standard InChI is InChI=1S/C14H15N3O4/c1-16-6-7-17(9-12(16)18)14(21)11-4-5-15-8-10(11)2-3-13(19)20/h2-5,8H,6-7,9H2,1H3,(H,19,20). The van der Waals surface area contributed by atoms with E-state index in [2.05, 4.69) is 4.98 Å². The summed E-state index contributed by atoms with van der Waals surface area (Å²) in [5, 5.41) is 8.66. The van der Waals surface area contributed by atoms with Crippen LogP contribution in [0.25, 0.3) is 6.08 Å². The highest BCUT2D eigenvalue weighted by molar-refractivity contribution is 6.00. The molecule has 0 radical (unpaired) electrons. The maximum Gasteiger partial charge on any atom is 0.328 e. The molecule has 0 bridgehead atoms. The van der Waals surface area contributed by atoms with Crippen LogP contribution in [0, 0.1) is 0 Å². The van der Waals surface area contributed by atoms with Gasteiger partial charge in [0.25, 0.3) is 5.91 Å². The molecule has 0 saturated carbocycles. The molecule has 0 spiro atoms. The van der Waals surface area contributed by atoms with E-state index >= 15 is 0 Å². The van der Waals surface area contributed by atoms with Crippen LogP contribution in [0.3, 0.4) is 0 Å². The lowest BCUT2D eigenvalue weighted by molar-refractivity contribution is -0.133. The van der Waals surface area contributed by atoms with Crippen molar-refractivity contribution in [3.8, 4) is 0 Å². The van der Waals surface area contributed by atoms with Crippen molar-refractivity contribution < 1.29 is 19.5 Å². The molecule has 1 fully saturated rings. The number of amides is 2. The molecule has 2 heterocycles. The molecule has 1 N–H and O–H groups in total. The van der Waals surface area contributed by atoms with Gasteiger partial charge in [-0.05, 0) is 12.1 Å². The maximum atomic E-state index is 12.5. The molecule has 2 rings (SSSR count). The molecule has 110 valence electrons. The average molecular weight is 289 g/mol. The first-order chi connectivity index (χ1) is 9.99. The molecule has 1 aliphatic heterocycles. The number of carbonyl (C=O) groups is 3. The van der Waals surface area contributed by atoms with Gasteiger partial charge in [-0.15, -0.1) is 0 Å². The Hall–Kier alpha value is -2.70. The molecule has 0 aromatic carbocycles. The Morgan fingerprint density at radius 3 is 2.81 bits per heavy atom. The number of aliphatic carboxylic acids is 1. The van der Waals surface area contributed by atoms with E-state index in [0.29, 0.717) is 24.2 Å². The first-order valence-electron chi connectivity index (χ1n) is 6.37. The number of carboxylic acid groups (broad SMARTS) is 1. The van der Waals surface area contributed by atoms with E-state index in [0.717, 1.165) is 6.08 Å². The van der Waals surface area contributed by atoms with Crippen LogP contribution in [0.4, 0.5) is 0 Å². The molecule has 0 atom stereocenters. The monoisotopic (exact) mass is 289 g/mol. The van der Waals surface area contributed by atoms with Crippen LogP contribution in [-0.2, 0) is 9.59 Å². The van der Waals surface area contributed by atoms with Gasteiger partial charge in [0, 0.05) is 49.7 Å². The van der Waals surface area contributed by atoms with Crippen molar-refractivity contribution in [2.24, 2.45) is 0 Å². The summed E-state index contributed by atoms with van der Waals surface area (Å²) >= 11 is 0. The molecule has 21 heavy (non-hydrogen) atoms. The SMILES string of the molecule is CN1CCN(C(=O)c2ccncc2C=CC(=O)O)CC1=O. The molecule has 0 aliphatic carbocycles. The minimum absolute atomic E-state index is 0.0275. The van der Waals surface area contributed by atoms with Gasteiger partial charge in [-0.2, -0.15) is 0 Å². The van der Waals surface area contributed by atoms with Crippen LogP contribution in [0.1, 0.15) is 15.9 Å². The van der Waals surface area contributed by atoms with Crippen molar-refractivity contribution in [3.63, 3.8) is 0 Å². The van der Waals surface area contributed by atoms with Gasteiger partial charge in [-0.3, -0.25) is 14.6 Å². The van der Waals surface area contributed by atoms with Gasteiger partial charge < -0.3 is 14.9 Å². The fraction of sp³-hybridized carbons (Fsp3) is 0.286. The third-order valence-electron chi connectivity index (χ3n) is 3.23. The Morgan fingerprint density at radius 1 is 1.38 bits per heavy atom. The number of carboxylic acids is 1. The Kier molecular flexibility index (Phi) is 4.32. The second kappa shape index (κ2) is 6.17. The molecule has 1 saturated heterocycles. The summed E-state index contributed by atoms with van der Waals surface area (Å²) in [6, 6.07) is 1.52. The van der Waals surface area contributed by atoms with E-state index < -0.39 is 5.97 Å².